The lowest BCUT2D eigenvalue weighted by Crippen LogP contribution is -2.25. The molecule has 2 amide bonds. The standard InChI is InChI=1S/C27H23N7O2S/c1-17-24(27(37-34-17)33-23-16-30-21-7-2-3-8-22(21)32-23)26(36)31-20-6-4-5-19(15-20)25(35)29-14-11-18-9-12-28-13-10-18/h2-10,12-13,15-16H,11,14H2,1H3,(H,29,35)(H,31,36)(H,32,33). The molecule has 0 saturated heterocycles. The van der Waals surface area contributed by atoms with E-state index in [-0.39, 0.29) is 11.8 Å². The highest BCUT2D eigenvalue weighted by Crippen LogP contribution is 2.28. The Kier molecular flexibility index (Phi) is 7.09. The van der Waals surface area contributed by atoms with E-state index in [2.05, 4.69) is 35.3 Å². The molecule has 5 rings (SSSR count). The predicted molar refractivity (Wildman–Crippen MR) is 144 cm³/mol. The van der Waals surface area contributed by atoms with E-state index in [1.165, 1.54) is 11.5 Å². The van der Waals surface area contributed by atoms with E-state index in [1.807, 2.05) is 36.4 Å². The van der Waals surface area contributed by atoms with E-state index >= 15 is 0 Å². The van der Waals surface area contributed by atoms with Gasteiger partial charge in [-0.1, -0.05) is 18.2 Å². The van der Waals surface area contributed by atoms with Gasteiger partial charge in [0.05, 0.1) is 28.5 Å². The maximum Gasteiger partial charge on any atom is 0.260 e. The predicted octanol–water partition coefficient (Wildman–Crippen LogP) is 4.76. The molecule has 0 radical (unpaired) electrons. The number of hydrogen-bond acceptors (Lipinski definition) is 8. The Morgan fingerprint density at radius 1 is 0.946 bits per heavy atom. The molecule has 37 heavy (non-hydrogen) atoms. The second-order valence-corrected chi connectivity index (χ2v) is 9.01. The number of aromatic nitrogens is 4. The van der Waals surface area contributed by atoms with E-state index < -0.39 is 0 Å². The minimum absolute atomic E-state index is 0.212. The number of aryl methyl sites for hydroxylation is 1. The van der Waals surface area contributed by atoms with Crippen LogP contribution in [0, 0.1) is 6.92 Å². The summed E-state index contributed by atoms with van der Waals surface area (Å²) in [5.41, 5.74) is 4.58. The Morgan fingerprint density at radius 3 is 2.59 bits per heavy atom. The van der Waals surface area contributed by atoms with Crippen molar-refractivity contribution < 1.29 is 9.59 Å². The molecule has 3 N–H and O–H groups in total. The highest BCUT2D eigenvalue weighted by molar-refractivity contribution is 7.10. The van der Waals surface area contributed by atoms with Crippen molar-refractivity contribution in [3.05, 3.63) is 102 Å². The summed E-state index contributed by atoms with van der Waals surface area (Å²) in [6, 6.07) is 18.2. The third kappa shape index (κ3) is 5.76. The zero-order chi connectivity index (χ0) is 25.6. The summed E-state index contributed by atoms with van der Waals surface area (Å²) in [5, 5.41) is 9.53. The Balaban J connectivity index is 1.26. The molecule has 0 unspecified atom stereocenters. The van der Waals surface area contributed by atoms with Crippen LogP contribution in [0.15, 0.2) is 79.3 Å². The van der Waals surface area contributed by atoms with Crippen LogP contribution < -0.4 is 16.0 Å². The average Bonchev–Trinajstić information content (AvgIpc) is 3.29. The number of nitrogens with zero attached hydrogens (tertiary/aromatic N) is 4. The molecule has 10 heteroatoms. The zero-order valence-electron chi connectivity index (χ0n) is 19.9. The van der Waals surface area contributed by atoms with Crippen LogP contribution in [-0.4, -0.2) is 37.7 Å². The molecule has 0 aliphatic heterocycles. The molecular formula is C27H23N7O2S. The molecule has 0 saturated carbocycles. The maximum atomic E-state index is 13.2. The second kappa shape index (κ2) is 10.9. The fourth-order valence-electron chi connectivity index (χ4n) is 3.76. The third-order valence-electron chi connectivity index (χ3n) is 5.61. The number of fused-ring (bicyclic) bond motifs is 1. The van der Waals surface area contributed by atoms with Gasteiger partial charge in [0.2, 0.25) is 0 Å². The van der Waals surface area contributed by atoms with Gasteiger partial charge in [-0.2, -0.15) is 4.37 Å². The summed E-state index contributed by atoms with van der Waals surface area (Å²) in [7, 11) is 0. The minimum Gasteiger partial charge on any atom is -0.352 e. The monoisotopic (exact) mass is 509 g/mol. The van der Waals surface area contributed by atoms with Crippen molar-refractivity contribution in [1.29, 1.82) is 0 Å². The van der Waals surface area contributed by atoms with Gasteiger partial charge in [-0.25, -0.2) is 4.98 Å². The van der Waals surface area contributed by atoms with Crippen LogP contribution >= 0.6 is 11.5 Å². The Morgan fingerprint density at radius 2 is 1.76 bits per heavy atom. The topological polar surface area (TPSA) is 122 Å². The average molecular weight is 510 g/mol. The third-order valence-corrected chi connectivity index (χ3v) is 6.47. The van der Waals surface area contributed by atoms with Crippen molar-refractivity contribution in [2.24, 2.45) is 0 Å². The maximum absolute atomic E-state index is 13.2. The highest BCUT2D eigenvalue weighted by Gasteiger charge is 2.20. The first-order chi connectivity index (χ1) is 18.1. The van der Waals surface area contributed by atoms with Gasteiger partial charge in [-0.15, -0.1) is 0 Å². The highest BCUT2D eigenvalue weighted by atomic mass is 32.1. The Hall–Kier alpha value is -4.70. The summed E-state index contributed by atoms with van der Waals surface area (Å²) in [6.07, 6.45) is 5.77. The van der Waals surface area contributed by atoms with Crippen LogP contribution in [0.3, 0.4) is 0 Å². The van der Waals surface area contributed by atoms with Gasteiger partial charge < -0.3 is 16.0 Å². The van der Waals surface area contributed by atoms with Crippen LogP contribution in [0.2, 0.25) is 0 Å². The van der Waals surface area contributed by atoms with Crippen LogP contribution in [0.25, 0.3) is 11.0 Å². The lowest BCUT2D eigenvalue weighted by Gasteiger charge is -2.10. The number of nitrogens with one attached hydrogen (secondary N) is 3. The summed E-state index contributed by atoms with van der Waals surface area (Å²) < 4.78 is 4.34. The normalized spacial score (nSPS) is 10.7. The van der Waals surface area contributed by atoms with Crippen molar-refractivity contribution in [2.45, 2.75) is 13.3 Å². The number of carbonyl (C=O) groups is 2. The number of pyridine rings is 1. The molecule has 0 fully saturated rings. The molecule has 184 valence electrons. The van der Waals surface area contributed by atoms with E-state index in [0.29, 0.717) is 46.3 Å². The summed E-state index contributed by atoms with van der Waals surface area (Å²) in [6.45, 7) is 2.27. The second-order valence-electron chi connectivity index (χ2n) is 8.24. The van der Waals surface area contributed by atoms with Crippen LogP contribution in [0.5, 0.6) is 0 Å². The lowest BCUT2D eigenvalue weighted by atomic mass is 10.1. The SMILES string of the molecule is Cc1nsc(Nc2cnc3ccccc3n2)c1C(=O)Nc1cccc(C(=O)NCCc2ccncc2)c1. The van der Waals surface area contributed by atoms with Gasteiger partial charge in [0.25, 0.3) is 11.8 Å². The smallest absolute Gasteiger partial charge is 0.260 e. The number of anilines is 3. The first-order valence-corrected chi connectivity index (χ1v) is 12.4. The molecule has 3 heterocycles. The van der Waals surface area contributed by atoms with Crippen LogP contribution in [0.1, 0.15) is 32.0 Å². The van der Waals surface area contributed by atoms with Crippen molar-refractivity contribution in [3.63, 3.8) is 0 Å². The largest absolute Gasteiger partial charge is 0.352 e. The van der Waals surface area contributed by atoms with E-state index in [9.17, 15) is 9.59 Å². The molecule has 3 aromatic heterocycles. The number of rotatable bonds is 8. The van der Waals surface area contributed by atoms with E-state index in [0.717, 1.165) is 16.6 Å². The molecule has 0 bridgehead atoms. The zero-order valence-corrected chi connectivity index (χ0v) is 20.7. The number of benzene rings is 2. The molecule has 0 aliphatic carbocycles. The van der Waals surface area contributed by atoms with Crippen LogP contribution in [0.4, 0.5) is 16.5 Å². The Labute approximate surface area is 217 Å². The molecule has 2 aromatic carbocycles. The van der Waals surface area contributed by atoms with Gasteiger partial charge in [0.1, 0.15) is 10.8 Å². The lowest BCUT2D eigenvalue weighted by molar-refractivity contribution is 0.0952. The van der Waals surface area contributed by atoms with Crippen LogP contribution in [-0.2, 0) is 6.42 Å². The minimum atomic E-state index is -0.335. The van der Waals surface area contributed by atoms with E-state index in [1.54, 1.807) is 49.8 Å². The van der Waals surface area contributed by atoms with Crippen molar-refractivity contribution >= 4 is 50.9 Å². The summed E-state index contributed by atoms with van der Waals surface area (Å²) in [4.78, 5) is 38.8. The molecule has 5 aromatic rings. The van der Waals surface area contributed by atoms with Gasteiger partial charge in [-0.05, 0) is 72.9 Å². The first-order valence-electron chi connectivity index (χ1n) is 11.6. The fraction of sp³-hybridized carbons (Fsp3) is 0.111. The van der Waals surface area contributed by atoms with E-state index in [4.69, 9.17) is 0 Å². The number of carbonyl (C=O) groups excluding carboxylic acids is 2. The number of para-hydroxylation sites is 2. The molecular weight excluding hydrogens is 486 g/mol. The van der Waals surface area contributed by atoms with Crippen molar-refractivity contribution in [2.75, 3.05) is 17.2 Å². The number of hydrogen-bond donors (Lipinski definition) is 3. The Bertz CT molecular complexity index is 1570. The first kappa shape index (κ1) is 24.0. The molecule has 0 atom stereocenters. The summed E-state index contributed by atoms with van der Waals surface area (Å²) in [5.74, 6) is -0.0321. The fourth-order valence-corrected chi connectivity index (χ4v) is 4.56. The summed E-state index contributed by atoms with van der Waals surface area (Å²) >= 11 is 1.17. The van der Waals surface area contributed by atoms with Crippen molar-refractivity contribution in [3.8, 4) is 0 Å². The van der Waals surface area contributed by atoms with Crippen molar-refractivity contribution in [1.82, 2.24) is 24.6 Å². The molecule has 0 aliphatic rings. The number of amides is 2. The quantitative estimate of drug-likeness (QED) is 0.276. The van der Waals surface area contributed by atoms with Gasteiger partial charge >= 0.3 is 0 Å². The van der Waals surface area contributed by atoms with Gasteiger partial charge in [0, 0.05) is 30.2 Å². The molecule has 9 nitrogen and oxygen atoms in total. The molecule has 0 spiro atoms. The van der Waals surface area contributed by atoms with Gasteiger partial charge in [0.15, 0.2) is 0 Å². The van der Waals surface area contributed by atoms with Gasteiger partial charge in [-0.3, -0.25) is 19.6 Å².